The number of amides is 2. The first-order chi connectivity index (χ1) is 16.3. The Bertz CT molecular complexity index is 1120. The van der Waals surface area contributed by atoms with E-state index in [0.29, 0.717) is 27.9 Å². The first-order valence-corrected chi connectivity index (χ1v) is 13.6. The average Bonchev–Trinajstić information content (AvgIpc) is 2.79. The molecule has 0 radical (unpaired) electrons. The quantitative estimate of drug-likeness (QED) is 0.462. The molecule has 2 amide bonds. The van der Waals surface area contributed by atoms with Crippen LogP contribution in [0.1, 0.15) is 26.3 Å². The van der Waals surface area contributed by atoms with E-state index in [2.05, 4.69) is 5.32 Å². The highest BCUT2D eigenvalue weighted by Crippen LogP contribution is 2.27. The minimum absolute atomic E-state index is 0.0756. The maximum Gasteiger partial charge on any atom is 0.244 e. The largest absolute Gasteiger partial charge is 0.497 e. The summed E-state index contributed by atoms with van der Waals surface area (Å²) >= 11 is 12.7. The lowest BCUT2D eigenvalue weighted by atomic mass is 10.1. The molecule has 11 heteroatoms. The van der Waals surface area contributed by atoms with Crippen LogP contribution in [0.15, 0.2) is 42.5 Å². The van der Waals surface area contributed by atoms with E-state index in [4.69, 9.17) is 27.9 Å². The van der Waals surface area contributed by atoms with E-state index < -0.39 is 28.5 Å². The minimum Gasteiger partial charge on any atom is -0.497 e. The number of methoxy groups -OCH3 is 1. The van der Waals surface area contributed by atoms with E-state index in [-0.39, 0.29) is 24.1 Å². The van der Waals surface area contributed by atoms with Gasteiger partial charge < -0.3 is 15.0 Å². The zero-order valence-electron chi connectivity index (χ0n) is 20.4. The van der Waals surface area contributed by atoms with E-state index in [9.17, 15) is 18.0 Å². The van der Waals surface area contributed by atoms with E-state index in [1.807, 2.05) is 13.8 Å². The fourth-order valence-corrected chi connectivity index (χ4v) is 4.62. The van der Waals surface area contributed by atoms with Crippen molar-refractivity contribution in [2.75, 3.05) is 30.8 Å². The van der Waals surface area contributed by atoms with Gasteiger partial charge in [-0.05, 0) is 49.2 Å². The number of anilines is 1. The normalized spacial score (nSPS) is 12.2. The van der Waals surface area contributed by atoms with Crippen molar-refractivity contribution in [3.05, 3.63) is 58.1 Å². The van der Waals surface area contributed by atoms with E-state index in [1.165, 1.54) is 12.0 Å². The van der Waals surface area contributed by atoms with Crippen LogP contribution in [0.4, 0.5) is 5.69 Å². The van der Waals surface area contributed by atoms with Crippen LogP contribution in [0, 0.1) is 5.92 Å². The molecule has 35 heavy (non-hydrogen) atoms. The van der Waals surface area contributed by atoms with Crippen LogP contribution in [0.5, 0.6) is 5.75 Å². The summed E-state index contributed by atoms with van der Waals surface area (Å²) in [6.07, 6.45) is 1.01. The molecule has 0 saturated heterocycles. The van der Waals surface area contributed by atoms with Crippen LogP contribution >= 0.6 is 23.2 Å². The molecule has 2 aromatic rings. The fourth-order valence-electron chi connectivity index (χ4n) is 3.25. The molecule has 2 aromatic carbocycles. The Morgan fingerprint density at radius 1 is 1.03 bits per heavy atom. The number of carbonyl (C=O) groups excluding carboxylic acids is 2. The Morgan fingerprint density at radius 3 is 2.09 bits per heavy atom. The number of hydrogen-bond acceptors (Lipinski definition) is 5. The van der Waals surface area contributed by atoms with Crippen molar-refractivity contribution in [1.82, 2.24) is 10.2 Å². The van der Waals surface area contributed by atoms with Gasteiger partial charge in [0.05, 0.1) is 19.1 Å². The van der Waals surface area contributed by atoms with Gasteiger partial charge in [0, 0.05) is 28.7 Å². The molecule has 0 spiro atoms. The Balaban J connectivity index is 2.42. The lowest BCUT2D eigenvalue weighted by Gasteiger charge is -2.32. The molecule has 0 aliphatic heterocycles. The molecule has 8 nitrogen and oxygen atoms in total. The topological polar surface area (TPSA) is 96.0 Å². The molecule has 0 fully saturated rings. The summed E-state index contributed by atoms with van der Waals surface area (Å²) in [4.78, 5) is 27.7. The van der Waals surface area contributed by atoms with Crippen molar-refractivity contribution >= 4 is 50.7 Å². The minimum atomic E-state index is -3.83. The second-order valence-electron chi connectivity index (χ2n) is 8.50. The number of ether oxygens (including phenoxy) is 1. The summed E-state index contributed by atoms with van der Waals surface area (Å²) in [6.45, 7) is 5.32. The van der Waals surface area contributed by atoms with Crippen molar-refractivity contribution in [2.45, 2.75) is 33.4 Å². The van der Waals surface area contributed by atoms with Crippen molar-refractivity contribution in [3.8, 4) is 5.75 Å². The zero-order chi connectivity index (χ0) is 26.3. The lowest BCUT2D eigenvalue weighted by molar-refractivity contribution is -0.139. The van der Waals surface area contributed by atoms with Gasteiger partial charge in [-0.15, -0.1) is 0 Å². The number of nitrogens with one attached hydrogen (secondary N) is 1. The molecule has 1 N–H and O–H groups in total. The molecule has 0 aliphatic carbocycles. The molecule has 1 unspecified atom stereocenters. The predicted molar refractivity (Wildman–Crippen MR) is 140 cm³/mol. The number of benzene rings is 2. The SMILES string of the molecule is COc1ccc(N(CC(=O)N(Cc2c(Cl)cccc2Cl)C(C)C(=O)NCC(C)C)S(C)(=O)=O)cc1. The van der Waals surface area contributed by atoms with Crippen molar-refractivity contribution in [1.29, 1.82) is 0 Å². The predicted octanol–water partition coefficient (Wildman–Crippen LogP) is 3.96. The highest BCUT2D eigenvalue weighted by atomic mass is 35.5. The Morgan fingerprint density at radius 2 is 1.60 bits per heavy atom. The number of carbonyl (C=O) groups is 2. The maximum atomic E-state index is 13.5. The molecule has 192 valence electrons. The van der Waals surface area contributed by atoms with Gasteiger partial charge >= 0.3 is 0 Å². The Labute approximate surface area is 217 Å². The second-order valence-corrected chi connectivity index (χ2v) is 11.2. The summed E-state index contributed by atoms with van der Waals surface area (Å²) in [6, 6.07) is 10.3. The summed E-state index contributed by atoms with van der Waals surface area (Å²) in [5.41, 5.74) is 0.748. The summed E-state index contributed by atoms with van der Waals surface area (Å²) < 4.78 is 31.3. The van der Waals surface area contributed by atoms with Gasteiger partial charge in [-0.3, -0.25) is 13.9 Å². The number of hydrogen-bond donors (Lipinski definition) is 1. The third-order valence-corrected chi connectivity index (χ3v) is 7.13. The van der Waals surface area contributed by atoms with E-state index in [1.54, 1.807) is 49.4 Å². The molecule has 1 atom stereocenters. The molecule has 0 aliphatic rings. The van der Waals surface area contributed by atoms with Crippen molar-refractivity contribution in [3.63, 3.8) is 0 Å². The average molecular weight is 545 g/mol. The van der Waals surface area contributed by atoms with Crippen LogP contribution in [-0.2, 0) is 26.2 Å². The highest BCUT2D eigenvalue weighted by molar-refractivity contribution is 7.92. The molecule has 0 aromatic heterocycles. The highest BCUT2D eigenvalue weighted by Gasteiger charge is 2.31. The molecular formula is C24H31Cl2N3O5S. The standard InChI is InChI=1S/C24H31Cl2N3O5S/c1-16(2)13-27-24(31)17(3)28(14-20-21(25)7-6-8-22(20)26)23(30)15-29(35(5,32)33)18-9-11-19(34-4)12-10-18/h6-12,16-17H,13-15H2,1-5H3,(H,27,31). The number of nitrogens with zero attached hydrogens (tertiary/aromatic N) is 2. The first kappa shape index (κ1) is 28.7. The Hall–Kier alpha value is -2.49. The van der Waals surface area contributed by atoms with Crippen molar-refractivity contribution < 1.29 is 22.7 Å². The van der Waals surface area contributed by atoms with Gasteiger partial charge in [0.1, 0.15) is 18.3 Å². The van der Waals surface area contributed by atoms with Gasteiger partial charge in [-0.25, -0.2) is 8.42 Å². The smallest absolute Gasteiger partial charge is 0.244 e. The molecule has 0 heterocycles. The third-order valence-electron chi connectivity index (χ3n) is 5.28. The number of halogens is 2. The van der Waals surface area contributed by atoms with Crippen LogP contribution in [0.25, 0.3) is 0 Å². The van der Waals surface area contributed by atoms with E-state index >= 15 is 0 Å². The van der Waals surface area contributed by atoms with Gasteiger partial charge in [0.25, 0.3) is 0 Å². The first-order valence-electron chi connectivity index (χ1n) is 11.0. The fraction of sp³-hybridized carbons (Fsp3) is 0.417. The zero-order valence-corrected chi connectivity index (χ0v) is 22.7. The van der Waals surface area contributed by atoms with Crippen LogP contribution in [0.2, 0.25) is 10.0 Å². The maximum absolute atomic E-state index is 13.5. The van der Waals surface area contributed by atoms with E-state index in [0.717, 1.165) is 10.6 Å². The summed E-state index contributed by atoms with van der Waals surface area (Å²) in [7, 11) is -2.33. The molecule has 0 saturated carbocycles. The van der Waals surface area contributed by atoms with Crippen molar-refractivity contribution in [2.24, 2.45) is 5.92 Å². The van der Waals surface area contributed by atoms with Gasteiger partial charge in [0.2, 0.25) is 21.8 Å². The van der Waals surface area contributed by atoms with Crippen LogP contribution in [0.3, 0.4) is 0 Å². The van der Waals surface area contributed by atoms with Crippen LogP contribution < -0.4 is 14.4 Å². The monoisotopic (exact) mass is 543 g/mol. The third kappa shape index (κ3) is 8.02. The van der Waals surface area contributed by atoms with Gasteiger partial charge in [0.15, 0.2) is 0 Å². The summed E-state index contributed by atoms with van der Waals surface area (Å²) in [5, 5.41) is 3.48. The van der Waals surface area contributed by atoms with Gasteiger partial charge in [-0.1, -0.05) is 43.1 Å². The summed E-state index contributed by atoms with van der Waals surface area (Å²) in [5.74, 6) is -0.205. The molecule has 2 rings (SSSR count). The molecule has 0 bridgehead atoms. The molecular weight excluding hydrogens is 513 g/mol. The Kier molecular flexibility index (Phi) is 10.2. The second kappa shape index (κ2) is 12.5. The van der Waals surface area contributed by atoms with Crippen LogP contribution in [-0.4, -0.2) is 57.6 Å². The number of sulfonamides is 1. The van der Waals surface area contributed by atoms with Gasteiger partial charge in [-0.2, -0.15) is 0 Å². The lowest BCUT2D eigenvalue weighted by Crippen LogP contribution is -2.51. The number of rotatable bonds is 11.